The number of carbonyl (C=O) groups is 1. The molecule has 0 saturated carbocycles. The van der Waals surface area contributed by atoms with Crippen LogP contribution in [0.5, 0.6) is 0 Å². The van der Waals surface area contributed by atoms with E-state index in [1.807, 2.05) is 30.3 Å². The summed E-state index contributed by atoms with van der Waals surface area (Å²) in [5.41, 5.74) is 4.18. The van der Waals surface area contributed by atoms with Gasteiger partial charge in [-0.15, -0.1) is 11.3 Å². The van der Waals surface area contributed by atoms with Crippen molar-refractivity contribution in [1.82, 2.24) is 4.98 Å². The molecule has 5 rings (SSSR count). The molecular weight excluding hydrogens is 386 g/mol. The number of nitrogens with zero attached hydrogens (tertiary/aromatic N) is 1. The molecule has 0 radical (unpaired) electrons. The van der Waals surface area contributed by atoms with E-state index in [1.54, 1.807) is 6.08 Å². The van der Waals surface area contributed by atoms with Gasteiger partial charge in [0.2, 0.25) is 0 Å². The van der Waals surface area contributed by atoms with Gasteiger partial charge in [-0.2, -0.15) is 0 Å². The normalized spacial score (nSPS) is 13.4. The molecule has 0 amide bonds. The summed E-state index contributed by atoms with van der Waals surface area (Å²) in [7, 11) is 0. The van der Waals surface area contributed by atoms with Gasteiger partial charge in [0.05, 0.1) is 10.2 Å². The molecule has 29 heavy (non-hydrogen) atoms. The van der Waals surface area contributed by atoms with Gasteiger partial charge in [-0.25, -0.2) is 14.6 Å². The van der Waals surface area contributed by atoms with Crippen molar-refractivity contribution < 1.29 is 13.9 Å². The highest BCUT2D eigenvalue weighted by molar-refractivity contribution is 7.19. The monoisotopic (exact) mass is 403 g/mol. The van der Waals surface area contributed by atoms with Crippen LogP contribution in [0.2, 0.25) is 0 Å². The van der Waals surface area contributed by atoms with E-state index >= 15 is 0 Å². The first-order valence-electron chi connectivity index (χ1n) is 9.45. The highest BCUT2D eigenvalue weighted by atomic mass is 32.1. The maximum absolute atomic E-state index is 12.2. The Labute approximate surface area is 170 Å². The van der Waals surface area contributed by atoms with Crippen LogP contribution in [-0.4, -0.2) is 11.0 Å². The molecule has 0 bridgehead atoms. The number of thiazole rings is 1. The topological polar surface area (TPSA) is 69.4 Å². The highest BCUT2D eigenvalue weighted by Crippen LogP contribution is 2.29. The molecule has 0 N–H and O–H groups in total. The molecule has 5 nitrogen and oxygen atoms in total. The predicted octanol–water partition coefficient (Wildman–Crippen LogP) is 4.65. The SMILES string of the molecule is O=C(/C=C/c1nc2ccccc2s1)OCc1cc(=O)oc2cc3c(cc12)CCC3. The zero-order chi connectivity index (χ0) is 19.8. The van der Waals surface area contributed by atoms with Crippen molar-refractivity contribution >= 4 is 44.6 Å². The number of benzene rings is 2. The van der Waals surface area contributed by atoms with E-state index in [2.05, 4.69) is 11.1 Å². The Morgan fingerprint density at radius 2 is 2.00 bits per heavy atom. The summed E-state index contributed by atoms with van der Waals surface area (Å²) in [5.74, 6) is -0.480. The van der Waals surface area contributed by atoms with Crippen LogP contribution in [0, 0.1) is 0 Å². The van der Waals surface area contributed by atoms with Crippen molar-refractivity contribution in [3.05, 3.63) is 80.7 Å². The summed E-state index contributed by atoms with van der Waals surface area (Å²) in [5, 5.41) is 1.57. The minimum atomic E-state index is -0.480. The summed E-state index contributed by atoms with van der Waals surface area (Å²) in [4.78, 5) is 28.6. The average Bonchev–Trinajstić information content (AvgIpc) is 3.34. The lowest BCUT2D eigenvalue weighted by Crippen LogP contribution is -2.06. The molecule has 0 atom stereocenters. The summed E-state index contributed by atoms with van der Waals surface area (Å²) in [6, 6.07) is 13.2. The van der Waals surface area contributed by atoms with Crippen LogP contribution in [-0.2, 0) is 29.0 Å². The number of ether oxygens (including phenoxy) is 1. The first-order valence-corrected chi connectivity index (χ1v) is 10.3. The standard InChI is InChI=1S/C23H17NO4S/c25-22(9-8-21-24-18-6-1-2-7-20(18)29-21)27-13-16-12-23(26)28-19-11-15-5-3-4-14(15)10-17(16)19/h1-2,6-12H,3-5,13H2/b9-8+. The van der Waals surface area contributed by atoms with Crippen LogP contribution >= 0.6 is 11.3 Å². The molecule has 2 aromatic heterocycles. The molecule has 0 aliphatic heterocycles. The van der Waals surface area contributed by atoms with Gasteiger partial charge in [0.25, 0.3) is 0 Å². The smallest absolute Gasteiger partial charge is 0.336 e. The van der Waals surface area contributed by atoms with Crippen molar-refractivity contribution in [2.75, 3.05) is 0 Å². The molecule has 0 saturated heterocycles. The summed E-state index contributed by atoms with van der Waals surface area (Å²) >= 11 is 1.51. The molecule has 0 spiro atoms. The van der Waals surface area contributed by atoms with Gasteiger partial charge < -0.3 is 9.15 Å². The quantitative estimate of drug-likeness (QED) is 0.282. The van der Waals surface area contributed by atoms with E-state index in [0.29, 0.717) is 11.1 Å². The Morgan fingerprint density at radius 1 is 1.17 bits per heavy atom. The highest BCUT2D eigenvalue weighted by Gasteiger charge is 2.15. The molecule has 4 aromatic rings. The number of hydrogen-bond donors (Lipinski definition) is 0. The van der Waals surface area contributed by atoms with E-state index in [1.165, 1.54) is 34.6 Å². The molecule has 144 valence electrons. The maximum Gasteiger partial charge on any atom is 0.336 e. The Hall–Kier alpha value is -3.25. The van der Waals surface area contributed by atoms with Gasteiger partial charge >= 0.3 is 11.6 Å². The van der Waals surface area contributed by atoms with Gasteiger partial charge in [-0.05, 0) is 60.7 Å². The molecule has 0 unspecified atom stereocenters. The molecule has 1 aliphatic rings. The van der Waals surface area contributed by atoms with Gasteiger partial charge in [-0.1, -0.05) is 12.1 Å². The summed E-state index contributed by atoms with van der Waals surface area (Å²) < 4.78 is 11.8. The van der Waals surface area contributed by atoms with Crippen LogP contribution in [0.15, 0.2) is 57.8 Å². The fourth-order valence-corrected chi connectivity index (χ4v) is 4.58. The number of hydrogen-bond acceptors (Lipinski definition) is 6. The van der Waals surface area contributed by atoms with E-state index in [-0.39, 0.29) is 6.61 Å². The predicted molar refractivity (Wildman–Crippen MR) is 113 cm³/mol. The Bertz CT molecular complexity index is 1300. The number of carbonyl (C=O) groups excluding carboxylic acids is 1. The van der Waals surface area contributed by atoms with Crippen LogP contribution in [0.3, 0.4) is 0 Å². The van der Waals surface area contributed by atoms with E-state index < -0.39 is 11.6 Å². The Kier molecular flexibility index (Phi) is 4.48. The zero-order valence-corrected chi connectivity index (χ0v) is 16.3. The lowest BCUT2D eigenvalue weighted by Gasteiger charge is -2.08. The van der Waals surface area contributed by atoms with E-state index in [9.17, 15) is 9.59 Å². The second-order valence-corrected chi connectivity index (χ2v) is 8.08. The summed E-state index contributed by atoms with van der Waals surface area (Å²) in [6.07, 6.45) is 6.15. The lowest BCUT2D eigenvalue weighted by atomic mass is 10.0. The van der Waals surface area contributed by atoms with E-state index in [0.717, 1.165) is 39.9 Å². The molecule has 6 heteroatoms. The lowest BCUT2D eigenvalue weighted by molar-refractivity contribution is -0.138. The van der Waals surface area contributed by atoms with Crippen molar-refractivity contribution in [2.45, 2.75) is 25.9 Å². The first-order chi connectivity index (χ1) is 14.2. The van der Waals surface area contributed by atoms with Gasteiger partial charge in [0, 0.05) is 23.1 Å². The third-order valence-corrected chi connectivity index (χ3v) is 6.09. The number of aromatic nitrogens is 1. The van der Waals surface area contributed by atoms with Crippen LogP contribution in [0.25, 0.3) is 27.3 Å². The fraction of sp³-hybridized carbons (Fsp3) is 0.174. The number of rotatable bonds is 4. The third kappa shape index (κ3) is 3.59. The second kappa shape index (κ2) is 7.29. The second-order valence-electron chi connectivity index (χ2n) is 7.02. The number of fused-ring (bicyclic) bond motifs is 3. The zero-order valence-electron chi connectivity index (χ0n) is 15.5. The van der Waals surface area contributed by atoms with Crippen molar-refractivity contribution in [2.24, 2.45) is 0 Å². The van der Waals surface area contributed by atoms with Gasteiger partial charge in [0.15, 0.2) is 0 Å². The van der Waals surface area contributed by atoms with Gasteiger partial charge in [-0.3, -0.25) is 0 Å². The third-order valence-electron chi connectivity index (χ3n) is 5.08. The summed E-state index contributed by atoms with van der Waals surface area (Å²) in [6.45, 7) is 0.0178. The molecule has 1 aliphatic carbocycles. The molecular formula is C23H17NO4S. The van der Waals surface area contributed by atoms with Crippen LogP contribution in [0.1, 0.15) is 28.1 Å². The van der Waals surface area contributed by atoms with Gasteiger partial charge in [0.1, 0.15) is 17.2 Å². The molecule has 2 aromatic carbocycles. The number of para-hydroxylation sites is 1. The fourth-order valence-electron chi connectivity index (χ4n) is 3.71. The van der Waals surface area contributed by atoms with Crippen molar-refractivity contribution in [3.63, 3.8) is 0 Å². The Morgan fingerprint density at radius 3 is 2.86 bits per heavy atom. The minimum Gasteiger partial charge on any atom is -0.458 e. The van der Waals surface area contributed by atoms with Crippen LogP contribution in [0.4, 0.5) is 0 Å². The van der Waals surface area contributed by atoms with Crippen molar-refractivity contribution in [3.8, 4) is 0 Å². The molecule has 0 fully saturated rings. The Balaban J connectivity index is 1.34. The van der Waals surface area contributed by atoms with Crippen molar-refractivity contribution in [1.29, 1.82) is 0 Å². The average molecular weight is 403 g/mol. The largest absolute Gasteiger partial charge is 0.458 e. The maximum atomic E-state index is 12.2. The number of esters is 1. The molecule has 2 heterocycles. The van der Waals surface area contributed by atoms with E-state index in [4.69, 9.17) is 9.15 Å². The van der Waals surface area contributed by atoms with Crippen LogP contribution < -0.4 is 5.63 Å². The minimum absolute atomic E-state index is 0.0178. The number of aryl methyl sites for hydroxylation is 2. The first kappa shape index (κ1) is 17.8.